The summed E-state index contributed by atoms with van der Waals surface area (Å²) in [5.74, 6) is -0.125. The van der Waals surface area contributed by atoms with Crippen molar-refractivity contribution in [3.8, 4) is 0 Å². The van der Waals surface area contributed by atoms with E-state index in [0.29, 0.717) is 13.0 Å². The van der Waals surface area contributed by atoms with Crippen LogP contribution in [0.3, 0.4) is 0 Å². The number of carbonyl (C=O) groups excluding carboxylic acids is 1. The van der Waals surface area contributed by atoms with Crippen LogP contribution in [0.15, 0.2) is 28.7 Å². The number of carbonyl (C=O) groups is 1. The summed E-state index contributed by atoms with van der Waals surface area (Å²) in [7, 11) is 0. The molecule has 0 bridgehead atoms. The van der Waals surface area contributed by atoms with Crippen LogP contribution in [-0.4, -0.2) is 30.2 Å². The fourth-order valence-electron chi connectivity index (χ4n) is 1.25. The van der Waals surface area contributed by atoms with Crippen molar-refractivity contribution in [1.29, 1.82) is 0 Å². The Labute approximate surface area is 110 Å². The summed E-state index contributed by atoms with van der Waals surface area (Å²) >= 11 is 3.35. The third-order valence-corrected chi connectivity index (χ3v) is 2.98. The first-order valence-electron chi connectivity index (χ1n) is 5.56. The Kier molecular flexibility index (Phi) is 6.18. The molecule has 1 aromatic rings. The van der Waals surface area contributed by atoms with Crippen molar-refractivity contribution >= 4 is 27.5 Å². The second-order valence-electron chi connectivity index (χ2n) is 3.72. The largest absolute Gasteiger partial charge is 0.392 e. The summed E-state index contributed by atoms with van der Waals surface area (Å²) < 4.78 is 0.849. The van der Waals surface area contributed by atoms with Crippen LogP contribution in [0.25, 0.3) is 0 Å². The number of halogens is 1. The highest BCUT2D eigenvalue weighted by atomic mass is 79.9. The van der Waals surface area contributed by atoms with E-state index in [1.165, 1.54) is 0 Å². The lowest BCUT2D eigenvalue weighted by Gasteiger charge is -2.10. The second-order valence-corrected chi connectivity index (χ2v) is 4.58. The lowest BCUT2D eigenvalue weighted by atomic mass is 10.3. The summed E-state index contributed by atoms with van der Waals surface area (Å²) in [5.41, 5.74) is 0.746. The number of amides is 1. The number of anilines is 1. The first-order valence-corrected chi connectivity index (χ1v) is 6.36. The third kappa shape index (κ3) is 5.30. The molecule has 0 heterocycles. The molecule has 0 aliphatic rings. The van der Waals surface area contributed by atoms with E-state index in [4.69, 9.17) is 0 Å². The molecule has 5 heteroatoms. The molecule has 17 heavy (non-hydrogen) atoms. The minimum atomic E-state index is -0.397. The zero-order chi connectivity index (χ0) is 12.7. The maximum atomic E-state index is 11.6. The van der Waals surface area contributed by atoms with Gasteiger partial charge in [0.15, 0.2) is 0 Å². The molecule has 0 saturated heterocycles. The highest BCUT2D eigenvalue weighted by molar-refractivity contribution is 9.10. The van der Waals surface area contributed by atoms with Gasteiger partial charge in [-0.25, -0.2) is 0 Å². The van der Waals surface area contributed by atoms with E-state index in [9.17, 15) is 9.90 Å². The average Bonchev–Trinajstić information content (AvgIpc) is 2.32. The monoisotopic (exact) mass is 300 g/mol. The smallest absolute Gasteiger partial charge is 0.238 e. The number of rotatable bonds is 6. The molecule has 0 radical (unpaired) electrons. The van der Waals surface area contributed by atoms with Crippen LogP contribution in [0.5, 0.6) is 0 Å². The van der Waals surface area contributed by atoms with Gasteiger partial charge >= 0.3 is 0 Å². The minimum absolute atomic E-state index is 0.125. The van der Waals surface area contributed by atoms with Crippen LogP contribution in [0.1, 0.15) is 13.3 Å². The van der Waals surface area contributed by atoms with Crippen LogP contribution in [0.2, 0.25) is 0 Å². The molecule has 1 unspecified atom stereocenters. The summed E-state index contributed by atoms with van der Waals surface area (Å²) in [4.78, 5) is 11.6. The summed E-state index contributed by atoms with van der Waals surface area (Å²) in [5, 5.41) is 15.0. The predicted octanol–water partition coefficient (Wildman–Crippen LogP) is 1.75. The van der Waals surface area contributed by atoms with Gasteiger partial charge in [-0.05, 0) is 34.5 Å². The molecule has 1 aromatic carbocycles. The molecule has 4 nitrogen and oxygen atoms in total. The van der Waals surface area contributed by atoms with Gasteiger partial charge in [0.1, 0.15) is 0 Å². The van der Waals surface area contributed by atoms with E-state index in [1.54, 1.807) is 0 Å². The molecule has 0 fully saturated rings. The van der Waals surface area contributed by atoms with Gasteiger partial charge in [0, 0.05) is 11.0 Å². The Morgan fingerprint density at radius 2 is 2.18 bits per heavy atom. The van der Waals surface area contributed by atoms with Crippen molar-refractivity contribution in [2.45, 2.75) is 19.4 Å². The number of hydrogen-bond donors (Lipinski definition) is 3. The topological polar surface area (TPSA) is 61.4 Å². The SMILES string of the molecule is CCC(O)CNCC(=O)Nc1ccccc1Br. The summed E-state index contributed by atoms with van der Waals surface area (Å²) in [6.45, 7) is 2.52. The van der Waals surface area contributed by atoms with Crippen molar-refractivity contribution in [2.24, 2.45) is 0 Å². The lowest BCUT2D eigenvalue weighted by molar-refractivity contribution is -0.115. The van der Waals surface area contributed by atoms with Gasteiger partial charge in [0.05, 0.1) is 18.3 Å². The molecule has 0 spiro atoms. The number of para-hydroxylation sites is 1. The quantitative estimate of drug-likeness (QED) is 0.750. The lowest BCUT2D eigenvalue weighted by Crippen LogP contribution is -2.33. The van der Waals surface area contributed by atoms with Gasteiger partial charge in [0.25, 0.3) is 0 Å². The van der Waals surface area contributed by atoms with E-state index < -0.39 is 6.10 Å². The van der Waals surface area contributed by atoms with Crippen molar-refractivity contribution in [1.82, 2.24) is 5.32 Å². The van der Waals surface area contributed by atoms with Crippen LogP contribution in [0, 0.1) is 0 Å². The Balaban J connectivity index is 2.33. The van der Waals surface area contributed by atoms with Crippen molar-refractivity contribution in [3.05, 3.63) is 28.7 Å². The first-order chi connectivity index (χ1) is 8.13. The molecule has 0 aliphatic heterocycles. The van der Waals surface area contributed by atoms with E-state index in [-0.39, 0.29) is 12.5 Å². The second kappa shape index (κ2) is 7.42. The van der Waals surface area contributed by atoms with E-state index in [2.05, 4.69) is 26.6 Å². The van der Waals surface area contributed by atoms with Gasteiger partial charge < -0.3 is 15.7 Å². The number of aliphatic hydroxyl groups is 1. The van der Waals surface area contributed by atoms with Crippen LogP contribution in [-0.2, 0) is 4.79 Å². The molecule has 0 saturated carbocycles. The van der Waals surface area contributed by atoms with Gasteiger partial charge in [-0.3, -0.25) is 4.79 Å². The number of aliphatic hydroxyl groups excluding tert-OH is 1. The number of hydrogen-bond acceptors (Lipinski definition) is 3. The van der Waals surface area contributed by atoms with Crippen molar-refractivity contribution in [3.63, 3.8) is 0 Å². The van der Waals surface area contributed by atoms with E-state index in [1.807, 2.05) is 31.2 Å². The van der Waals surface area contributed by atoms with Crippen molar-refractivity contribution < 1.29 is 9.90 Å². The van der Waals surface area contributed by atoms with E-state index in [0.717, 1.165) is 10.2 Å². The third-order valence-electron chi connectivity index (χ3n) is 2.28. The molecular weight excluding hydrogens is 284 g/mol. The van der Waals surface area contributed by atoms with Gasteiger partial charge in [-0.2, -0.15) is 0 Å². The zero-order valence-corrected chi connectivity index (χ0v) is 11.3. The van der Waals surface area contributed by atoms with Crippen LogP contribution < -0.4 is 10.6 Å². The van der Waals surface area contributed by atoms with Gasteiger partial charge in [0.2, 0.25) is 5.91 Å². The molecule has 1 rings (SSSR count). The van der Waals surface area contributed by atoms with Crippen LogP contribution >= 0.6 is 15.9 Å². The Bertz CT molecular complexity index is 371. The Morgan fingerprint density at radius 1 is 1.47 bits per heavy atom. The summed E-state index contributed by atoms with van der Waals surface area (Å²) in [6.07, 6.45) is 0.282. The predicted molar refractivity (Wildman–Crippen MR) is 71.9 cm³/mol. The highest BCUT2D eigenvalue weighted by Gasteiger charge is 2.05. The fourth-order valence-corrected chi connectivity index (χ4v) is 1.64. The molecule has 1 atom stereocenters. The Hall–Kier alpha value is -0.910. The maximum Gasteiger partial charge on any atom is 0.238 e. The normalized spacial score (nSPS) is 12.2. The maximum absolute atomic E-state index is 11.6. The Morgan fingerprint density at radius 3 is 2.82 bits per heavy atom. The standard InChI is InChI=1S/C12H17BrN2O2/c1-2-9(16)7-14-8-12(17)15-11-6-4-3-5-10(11)13/h3-6,9,14,16H,2,7-8H2,1H3,(H,15,17). The number of nitrogens with one attached hydrogen (secondary N) is 2. The first kappa shape index (κ1) is 14.2. The minimum Gasteiger partial charge on any atom is -0.392 e. The molecule has 0 aromatic heterocycles. The molecule has 94 valence electrons. The van der Waals surface area contributed by atoms with E-state index >= 15 is 0 Å². The highest BCUT2D eigenvalue weighted by Crippen LogP contribution is 2.20. The molecular formula is C12H17BrN2O2. The fraction of sp³-hybridized carbons (Fsp3) is 0.417. The van der Waals surface area contributed by atoms with Crippen molar-refractivity contribution in [2.75, 3.05) is 18.4 Å². The summed E-state index contributed by atoms with van der Waals surface area (Å²) in [6, 6.07) is 7.43. The average molecular weight is 301 g/mol. The molecule has 0 aliphatic carbocycles. The zero-order valence-electron chi connectivity index (χ0n) is 9.74. The number of benzene rings is 1. The van der Waals surface area contributed by atoms with Crippen LogP contribution in [0.4, 0.5) is 5.69 Å². The molecule has 1 amide bonds. The van der Waals surface area contributed by atoms with Gasteiger partial charge in [-0.15, -0.1) is 0 Å². The van der Waals surface area contributed by atoms with Gasteiger partial charge in [-0.1, -0.05) is 19.1 Å². The molecule has 3 N–H and O–H groups in total.